The zero-order valence-corrected chi connectivity index (χ0v) is 14.9. The molecular formula is C17H24N2O3S. The van der Waals surface area contributed by atoms with E-state index < -0.39 is 15.4 Å². The van der Waals surface area contributed by atoms with Crippen LogP contribution in [0.3, 0.4) is 0 Å². The molecule has 1 fully saturated rings. The molecule has 0 aliphatic carbocycles. The molecule has 1 aromatic carbocycles. The number of rotatable bonds is 2. The first kappa shape index (κ1) is 16.5. The van der Waals surface area contributed by atoms with Gasteiger partial charge in [-0.25, -0.2) is 8.42 Å². The van der Waals surface area contributed by atoms with Gasteiger partial charge >= 0.3 is 0 Å². The van der Waals surface area contributed by atoms with Gasteiger partial charge in [-0.15, -0.1) is 0 Å². The van der Waals surface area contributed by atoms with Gasteiger partial charge in [-0.3, -0.25) is 4.79 Å². The lowest BCUT2D eigenvalue weighted by Crippen LogP contribution is -2.42. The third-order valence-electron chi connectivity index (χ3n) is 4.95. The summed E-state index contributed by atoms with van der Waals surface area (Å²) in [4.78, 5) is 12.3. The molecule has 0 radical (unpaired) electrons. The summed E-state index contributed by atoms with van der Waals surface area (Å²) in [5.74, 6) is 0.632. The van der Waals surface area contributed by atoms with Crippen molar-refractivity contribution in [2.45, 2.75) is 44.4 Å². The topological polar surface area (TPSA) is 66.5 Å². The van der Waals surface area contributed by atoms with Crippen LogP contribution in [0.2, 0.25) is 0 Å². The molecule has 3 rings (SSSR count). The van der Waals surface area contributed by atoms with Crippen LogP contribution in [0.4, 0.5) is 5.69 Å². The fraction of sp³-hybridized carbons (Fsp3) is 0.588. The Hall–Kier alpha value is -1.40. The Bertz CT molecular complexity index is 745. The van der Waals surface area contributed by atoms with E-state index in [0.717, 1.165) is 12.0 Å². The number of hydrogen-bond donors (Lipinski definition) is 1. The van der Waals surface area contributed by atoms with Crippen molar-refractivity contribution < 1.29 is 13.2 Å². The van der Waals surface area contributed by atoms with Crippen LogP contribution in [0.25, 0.3) is 0 Å². The fourth-order valence-corrected chi connectivity index (χ4v) is 5.37. The number of fused-ring (bicyclic) bond motifs is 1. The van der Waals surface area contributed by atoms with Crippen molar-refractivity contribution in [3.05, 3.63) is 23.8 Å². The van der Waals surface area contributed by atoms with Gasteiger partial charge in [0.05, 0.1) is 10.3 Å². The quantitative estimate of drug-likeness (QED) is 0.903. The van der Waals surface area contributed by atoms with Crippen LogP contribution in [0.1, 0.15) is 39.7 Å². The molecule has 0 unspecified atom stereocenters. The number of hydrogen-bond acceptors (Lipinski definition) is 3. The van der Waals surface area contributed by atoms with Crippen molar-refractivity contribution in [2.24, 2.45) is 11.8 Å². The van der Waals surface area contributed by atoms with Crippen molar-refractivity contribution in [2.75, 3.05) is 18.4 Å². The summed E-state index contributed by atoms with van der Waals surface area (Å²) in [6.45, 7) is 8.93. The van der Waals surface area contributed by atoms with E-state index in [-0.39, 0.29) is 10.8 Å². The largest absolute Gasteiger partial charge is 0.325 e. The monoisotopic (exact) mass is 336 g/mol. The van der Waals surface area contributed by atoms with Crippen molar-refractivity contribution in [3.63, 3.8) is 0 Å². The number of benzene rings is 1. The molecule has 5 nitrogen and oxygen atoms in total. The average Bonchev–Trinajstić information content (AvgIpc) is 2.68. The minimum atomic E-state index is -3.52. The average molecular weight is 336 g/mol. The predicted molar refractivity (Wildman–Crippen MR) is 89.8 cm³/mol. The molecule has 1 amide bonds. The minimum Gasteiger partial charge on any atom is -0.325 e. The van der Waals surface area contributed by atoms with Gasteiger partial charge in [0.1, 0.15) is 0 Å². The van der Waals surface area contributed by atoms with Crippen LogP contribution in [-0.2, 0) is 20.2 Å². The second-order valence-electron chi connectivity index (χ2n) is 7.55. The first-order chi connectivity index (χ1) is 10.6. The Morgan fingerprint density at radius 2 is 1.78 bits per heavy atom. The van der Waals surface area contributed by atoms with Crippen LogP contribution < -0.4 is 5.32 Å². The Balaban J connectivity index is 1.99. The number of nitrogens with zero attached hydrogens (tertiary/aromatic N) is 1. The third kappa shape index (κ3) is 2.68. The van der Waals surface area contributed by atoms with Gasteiger partial charge < -0.3 is 5.32 Å². The van der Waals surface area contributed by atoms with Crippen LogP contribution in [0.15, 0.2) is 23.1 Å². The Morgan fingerprint density at radius 3 is 2.39 bits per heavy atom. The normalized spacial score (nSPS) is 27.6. The molecule has 1 aromatic rings. The smallest absolute Gasteiger partial charge is 0.243 e. The summed E-state index contributed by atoms with van der Waals surface area (Å²) >= 11 is 0. The van der Waals surface area contributed by atoms with Gasteiger partial charge in [0.15, 0.2) is 0 Å². The molecule has 0 spiro atoms. The van der Waals surface area contributed by atoms with E-state index in [9.17, 15) is 13.2 Å². The molecule has 0 bridgehead atoms. The van der Waals surface area contributed by atoms with Crippen molar-refractivity contribution >= 4 is 21.6 Å². The van der Waals surface area contributed by atoms with Crippen molar-refractivity contribution in [3.8, 4) is 0 Å². The number of amides is 1. The molecule has 2 aliphatic heterocycles. The Kier molecular flexibility index (Phi) is 3.80. The highest BCUT2D eigenvalue weighted by molar-refractivity contribution is 7.89. The summed E-state index contributed by atoms with van der Waals surface area (Å²) < 4.78 is 27.6. The van der Waals surface area contributed by atoms with E-state index in [1.807, 2.05) is 13.8 Å². The summed E-state index contributed by atoms with van der Waals surface area (Å²) in [6, 6.07) is 4.96. The van der Waals surface area contributed by atoms with Gasteiger partial charge in [0.2, 0.25) is 15.9 Å². The Morgan fingerprint density at radius 1 is 1.17 bits per heavy atom. The summed E-state index contributed by atoms with van der Waals surface area (Å²) in [5, 5.41) is 2.81. The van der Waals surface area contributed by atoms with Crippen LogP contribution in [0, 0.1) is 11.8 Å². The van der Waals surface area contributed by atoms with Crippen molar-refractivity contribution in [1.82, 2.24) is 4.31 Å². The highest BCUT2D eigenvalue weighted by atomic mass is 32.2. The highest BCUT2D eigenvalue weighted by Crippen LogP contribution is 2.39. The van der Waals surface area contributed by atoms with Crippen molar-refractivity contribution in [1.29, 1.82) is 0 Å². The number of nitrogens with one attached hydrogen (secondary N) is 1. The predicted octanol–water partition coefficient (Wildman–Crippen LogP) is 2.58. The van der Waals surface area contributed by atoms with E-state index in [1.165, 1.54) is 0 Å². The fourth-order valence-electron chi connectivity index (χ4n) is 3.66. The number of piperidine rings is 1. The summed E-state index contributed by atoms with van der Waals surface area (Å²) in [6.07, 6.45) is 1.06. The zero-order chi connectivity index (χ0) is 17.0. The molecule has 126 valence electrons. The lowest BCUT2D eigenvalue weighted by molar-refractivity contribution is -0.119. The van der Waals surface area contributed by atoms with Crippen LogP contribution in [-0.4, -0.2) is 31.7 Å². The maximum absolute atomic E-state index is 13.0. The van der Waals surface area contributed by atoms with Gasteiger partial charge in [-0.1, -0.05) is 13.8 Å². The summed E-state index contributed by atoms with van der Waals surface area (Å²) in [7, 11) is -3.52. The SMILES string of the molecule is C[C@@H]1C[C@H](C)CN(S(=O)(=O)c2ccc3c(c2)C(C)(C)C(=O)N3)C1. The minimum absolute atomic E-state index is 0.0951. The van der Waals surface area contributed by atoms with E-state index in [0.29, 0.717) is 30.6 Å². The van der Waals surface area contributed by atoms with Gasteiger partial charge in [0.25, 0.3) is 0 Å². The molecule has 1 N–H and O–H groups in total. The first-order valence-electron chi connectivity index (χ1n) is 8.08. The van der Waals surface area contributed by atoms with Gasteiger partial charge in [0, 0.05) is 18.8 Å². The second-order valence-corrected chi connectivity index (χ2v) is 9.49. The van der Waals surface area contributed by atoms with Gasteiger partial charge in [-0.2, -0.15) is 4.31 Å². The lowest BCUT2D eigenvalue weighted by atomic mass is 9.86. The number of anilines is 1. The number of sulfonamides is 1. The van der Waals surface area contributed by atoms with E-state index >= 15 is 0 Å². The molecule has 2 aliphatic rings. The van der Waals surface area contributed by atoms with E-state index in [4.69, 9.17) is 0 Å². The highest BCUT2D eigenvalue weighted by Gasteiger charge is 2.40. The molecule has 0 saturated carbocycles. The molecule has 0 aromatic heterocycles. The van der Waals surface area contributed by atoms with Crippen LogP contribution in [0.5, 0.6) is 0 Å². The number of carbonyl (C=O) groups is 1. The maximum atomic E-state index is 13.0. The standard InChI is InChI=1S/C17H24N2O3S/c1-11-7-12(2)10-19(9-11)23(21,22)13-5-6-15-14(8-13)17(3,4)16(20)18-15/h5-6,8,11-12H,7,9-10H2,1-4H3,(H,18,20)/t11-,12+. The molecule has 2 atom stereocenters. The van der Waals surface area contributed by atoms with E-state index in [2.05, 4.69) is 19.2 Å². The molecule has 23 heavy (non-hydrogen) atoms. The molecular weight excluding hydrogens is 312 g/mol. The van der Waals surface area contributed by atoms with Crippen LogP contribution >= 0.6 is 0 Å². The molecule has 6 heteroatoms. The zero-order valence-electron chi connectivity index (χ0n) is 14.1. The van der Waals surface area contributed by atoms with E-state index in [1.54, 1.807) is 22.5 Å². The lowest BCUT2D eigenvalue weighted by Gasteiger charge is -2.34. The van der Waals surface area contributed by atoms with Gasteiger partial charge in [-0.05, 0) is 55.9 Å². The summed E-state index contributed by atoms with van der Waals surface area (Å²) in [5.41, 5.74) is 0.754. The Labute approximate surface area is 138 Å². The third-order valence-corrected chi connectivity index (χ3v) is 6.78. The molecule has 1 saturated heterocycles. The maximum Gasteiger partial charge on any atom is 0.243 e. The number of carbonyl (C=O) groups excluding carboxylic acids is 1. The first-order valence-corrected chi connectivity index (χ1v) is 9.52. The molecule has 2 heterocycles. The second kappa shape index (κ2) is 5.31.